The van der Waals surface area contributed by atoms with Gasteiger partial charge in [0.05, 0.1) is 6.54 Å². The second-order valence-corrected chi connectivity index (χ2v) is 6.77. The first-order valence-electron chi connectivity index (χ1n) is 6.56. The number of carbonyl (C=O) groups excluding carboxylic acids is 1. The summed E-state index contributed by atoms with van der Waals surface area (Å²) in [4.78, 5) is 15.4. The molecule has 1 aromatic heterocycles. The molecule has 2 aromatic rings. The van der Waals surface area contributed by atoms with Crippen LogP contribution in [-0.4, -0.2) is 5.91 Å². The summed E-state index contributed by atoms with van der Waals surface area (Å²) < 4.78 is 1.07. The lowest BCUT2D eigenvalue weighted by Gasteiger charge is -2.23. The Hall–Kier alpha value is -1.33. The number of anilines is 2. The number of nitrogens with zero attached hydrogens (tertiary/aromatic N) is 1. The van der Waals surface area contributed by atoms with Crippen LogP contribution in [0.5, 0.6) is 0 Å². The van der Waals surface area contributed by atoms with E-state index < -0.39 is 0 Å². The predicted octanol–water partition coefficient (Wildman–Crippen LogP) is 3.96. The van der Waals surface area contributed by atoms with Gasteiger partial charge in [-0.25, -0.2) is 0 Å². The number of hydrogen-bond donors (Lipinski definition) is 1. The van der Waals surface area contributed by atoms with Crippen LogP contribution < -0.4 is 10.6 Å². The fraction of sp³-hybridized carbons (Fsp3) is 0.267. The van der Waals surface area contributed by atoms with E-state index in [1.165, 1.54) is 10.4 Å². The van der Waals surface area contributed by atoms with E-state index in [9.17, 15) is 4.79 Å². The van der Waals surface area contributed by atoms with Crippen molar-refractivity contribution in [2.24, 2.45) is 0 Å². The fourth-order valence-corrected chi connectivity index (χ4v) is 3.99. The number of nitrogens with two attached hydrogens (primary N) is 1. The number of amides is 1. The van der Waals surface area contributed by atoms with Gasteiger partial charge in [0.1, 0.15) is 0 Å². The highest BCUT2D eigenvalue weighted by Crippen LogP contribution is 2.32. The highest BCUT2D eigenvalue weighted by Gasteiger charge is 2.23. The van der Waals surface area contributed by atoms with E-state index >= 15 is 0 Å². The summed E-state index contributed by atoms with van der Waals surface area (Å²) in [5.41, 5.74) is 8.80. The first-order chi connectivity index (χ1) is 9.65. The summed E-state index contributed by atoms with van der Waals surface area (Å²) in [6.45, 7) is 0.619. The maximum atomic E-state index is 12.4. The zero-order valence-electron chi connectivity index (χ0n) is 10.9. The van der Waals surface area contributed by atoms with Crippen molar-refractivity contribution in [2.75, 3.05) is 10.6 Å². The molecule has 1 aliphatic rings. The van der Waals surface area contributed by atoms with E-state index in [2.05, 4.69) is 15.9 Å². The van der Waals surface area contributed by atoms with Crippen molar-refractivity contribution in [3.8, 4) is 0 Å². The van der Waals surface area contributed by atoms with Crippen molar-refractivity contribution in [1.29, 1.82) is 0 Å². The Balaban J connectivity index is 2.00. The van der Waals surface area contributed by atoms with Crippen molar-refractivity contribution in [2.45, 2.75) is 25.8 Å². The molecule has 2 N–H and O–H groups in total. The first kappa shape index (κ1) is 13.6. The largest absolute Gasteiger partial charge is 0.399 e. The zero-order valence-corrected chi connectivity index (χ0v) is 13.3. The van der Waals surface area contributed by atoms with Gasteiger partial charge in [0.25, 0.3) is 0 Å². The van der Waals surface area contributed by atoms with Crippen LogP contribution in [0, 0.1) is 0 Å². The Bertz CT molecular complexity index is 653. The summed E-state index contributed by atoms with van der Waals surface area (Å²) >= 11 is 5.20. The number of nitrogen functional groups attached to an aromatic ring is 1. The van der Waals surface area contributed by atoms with Gasteiger partial charge in [-0.15, -0.1) is 11.3 Å². The van der Waals surface area contributed by atoms with Gasteiger partial charge in [-0.1, -0.05) is 0 Å². The minimum absolute atomic E-state index is 0.189. The Kier molecular flexibility index (Phi) is 3.81. The molecule has 3 rings (SSSR count). The molecular formula is C15H15BrN2OS. The lowest BCUT2D eigenvalue weighted by Crippen LogP contribution is -2.29. The molecular weight excluding hydrogens is 336 g/mol. The summed E-state index contributed by atoms with van der Waals surface area (Å²) in [5, 5.41) is 2.03. The highest BCUT2D eigenvalue weighted by molar-refractivity contribution is 9.10. The van der Waals surface area contributed by atoms with E-state index in [4.69, 9.17) is 5.73 Å². The predicted molar refractivity (Wildman–Crippen MR) is 87.0 cm³/mol. The van der Waals surface area contributed by atoms with Crippen LogP contribution in [0.2, 0.25) is 0 Å². The number of benzene rings is 1. The maximum absolute atomic E-state index is 12.4. The molecule has 0 unspecified atom stereocenters. The molecule has 0 spiro atoms. The van der Waals surface area contributed by atoms with Crippen molar-refractivity contribution >= 4 is 44.5 Å². The Morgan fingerprint density at radius 1 is 1.30 bits per heavy atom. The summed E-state index contributed by atoms with van der Waals surface area (Å²) in [6.07, 6.45) is 2.39. The van der Waals surface area contributed by atoms with Gasteiger partial charge in [-0.05, 0) is 64.0 Å². The van der Waals surface area contributed by atoms with Crippen LogP contribution >= 0.6 is 27.3 Å². The van der Waals surface area contributed by atoms with E-state index in [1.54, 1.807) is 11.3 Å². The second-order valence-electron chi connectivity index (χ2n) is 4.91. The standard InChI is InChI=1S/C15H15BrN2OS/c16-12-6-7-20-14(12)9-18-13-5-4-11(17)8-10(13)2-1-3-15(18)19/h4-8H,1-3,9,17H2. The summed E-state index contributed by atoms with van der Waals surface area (Å²) in [5.74, 6) is 0.189. The minimum Gasteiger partial charge on any atom is -0.399 e. The molecule has 0 radical (unpaired) electrons. The summed E-state index contributed by atoms with van der Waals surface area (Å²) in [6, 6.07) is 7.85. The van der Waals surface area contributed by atoms with Gasteiger partial charge >= 0.3 is 0 Å². The number of rotatable bonds is 2. The van der Waals surface area contributed by atoms with Crippen LogP contribution in [0.4, 0.5) is 11.4 Å². The molecule has 1 aliphatic heterocycles. The molecule has 0 bridgehead atoms. The minimum atomic E-state index is 0.189. The average molecular weight is 351 g/mol. The maximum Gasteiger partial charge on any atom is 0.227 e. The van der Waals surface area contributed by atoms with E-state index in [0.717, 1.165) is 28.7 Å². The SMILES string of the molecule is Nc1ccc2c(c1)CCCC(=O)N2Cc1sccc1Br. The molecule has 0 saturated heterocycles. The smallest absolute Gasteiger partial charge is 0.227 e. The van der Waals surface area contributed by atoms with Crippen LogP contribution in [0.3, 0.4) is 0 Å². The molecule has 3 nitrogen and oxygen atoms in total. The lowest BCUT2D eigenvalue weighted by molar-refractivity contribution is -0.118. The van der Waals surface area contributed by atoms with E-state index in [-0.39, 0.29) is 5.91 Å². The normalized spacial score (nSPS) is 15.1. The second kappa shape index (κ2) is 5.58. The molecule has 0 aliphatic carbocycles. The van der Waals surface area contributed by atoms with Crippen molar-refractivity contribution in [1.82, 2.24) is 0 Å². The monoisotopic (exact) mass is 350 g/mol. The van der Waals surface area contributed by atoms with E-state index in [1.807, 2.05) is 34.5 Å². The van der Waals surface area contributed by atoms with Crippen molar-refractivity contribution in [3.63, 3.8) is 0 Å². The topological polar surface area (TPSA) is 46.3 Å². The molecule has 0 saturated carbocycles. The number of aryl methyl sites for hydroxylation is 1. The number of carbonyl (C=O) groups is 1. The lowest BCUT2D eigenvalue weighted by atomic mass is 10.1. The third-order valence-corrected chi connectivity index (χ3v) is 5.44. The molecule has 2 heterocycles. The van der Waals surface area contributed by atoms with Gasteiger partial charge in [-0.3, -0.25) is 4.79 Å². The van der Waals surface area contributed by atoms with Crippen LogP contribution in [0.15, 0.2) is 34.1 Å². The zero-order chi connectivity index (χ0) is 14.1. The third-order valence-electron chi connectivity index (χ3n) is 3.52. The molecule has 0 fully saturated rings. The number of halogens is 1. The molecule has 5 heteroatoms. The van der Waals surface area contributed by atoms with Crippen LogP contribution in [0.25, 0.3) is 0 Å². The molecule has 0 atom stereocenters. The Morgan fingerprint density at radius 2 is 2.15 bits per heavy atom. The third kappa shape index (κ3) is 2.60. The van der Waals surface area contributed by atoms with Crippen LogP contribution in [-0.2, 0) is 17.8 Å². The van der Waals surface area contributed by atoms with Crippen molar-refractivity contribution in [3.05, 3.63) is 44.6 Å². The first-order valence-corrected chi connectivity index (χ1v) is 8.23. The number of hydrogen-bond acceptors (Lipinski definition) is 3. The highest BCUT2D eigenvalue weighted by atomic mass is 79.9. The number of thiophene rings is 1. The molecule has 104 valence electrons. The average Bonchev–Trinajstić information content (AvgIpc) is 2.75. The Labute approximate surface area is 130 Å². The molecule has 1 aromatic carbocycles. The van der Waals surface area contributed by atoms with Gasteiger partial charge in [0, 0.05) is 27.1 Å². The Morgan fingerprint density at radius 3 is 2.90 bits per heavy atom. The fourth-order valence-electron chi connectivity index (χ4n) is 2.52. The van der Waals surface area contributed by atoms with Gasteiger partial charge in [0.2, 0.25) is 5.91 Å². The molecule has 20 heavy (non-hydrogen) atoms. The molecule has 1 amide bonds. The van der Waals surface area contributed by atoms with Gasteiger partial charge in [0.15, 0.2) is 0 Å². The number of fused-ring (bicyclic) bond motifs is 1. The summed E-state index contributed by atoms with van der Waals surface area (Å²) in [7, 11) is 0. The van der Waals surface area contributed by atoms with Gasteiger partial charge in [-0.2, -0.15) is 0 Å². The van der Waals surface area contributed by atoms with Crippen LogP contribution in [0.1, 0.15) is 23.3 Å². The van der Waals surface area contributed by atoms with E-state index in [0.29, 0.717) is 13.0 Å². The quantitative estimate of drug-likeness (QED) is 0.833. The van der Waals surface area contributed by atoms with Gasteiger partial charge < -0.3 is 10.6 Å². The van der Waals surface area contributed by atoms with Crippen molar-refractivity contribution < 1.29 is 4.79 Å².